The summed E-state index contributed by atoms with van der Waals surface area (Å²) in [5, 5.41) is 7.18. The number of aromatic nitrogens is 3. The topological polar surface area (TPSA) is 79.9 Å². The summed E-state index contributed by atoms with van der Waals surface area (Å²) in [6.07, 6.45) is -4.65. The minimum Gasteiger partial charge on any atom is -0.493 e. The Balaban J connectivity index is 2.17. The van der Waals surface area contributed by atoms with Crippen LogP contribution in [-0.4, -0.2) is 27.7 Å². The van der Waals surface area contributed by atoms with Crippen LogP contribution in [0.1, 0.15) is 23.1 Å². The molecule has 1 heterocycles. The van der Waals surface area contributed by atoms with Crippen LogP contribution in [0.5, 0.6) is 5.75 Å². The highest BCUT2D eigenvalue weighted by Gasteiger charge is 2.35. The van der Waals surface area contributed by atoms with Gasteiger partial charge in [0.15, 0.2) is 0 Å². The van der Waals surface area contributed by atoms with Crippen molar-refractivity contribution < 1.29 is 22.7 Å². The molecule has 0 saturated carbocycles. The number of H-pyrrole nitrogens is 1. The van der Waals surface area contributed by atoms with Crippen molar-refractivity contribution in [1.29, 1.82) is 0 Å². The van der Waals surface area contributed by atoms with E-state index < -0.39 is 23.9 Å². The van der Waals surface area contributed by atoms with E-state index in [2.05, 4.69) is 15.4 Å². The molecule has 0 aliphatic rings. The van der Waals surface area contributed by atoms with Crippen LogP contribution in [0.3, 0.4) is 0 Å². The third kappa shape index (κ3) is 3.50. The molecule has 9 heteroatoms. The van der Waals surface area contributed by atoms with Gasteiger partial charge in [-0.1, -0.05) is 12.1 Å². The van der Waals surface area contributed by atoms with Crippen LogP contribution in [0.25, 0.3) is 0 Å². The van der Waals surface area contributed by atoms with Gasteiger partial charge in [0.05, 0.1) is 12.2 Å². The van der Waals surface area contributed by atoms with Gasteiger partial charge in [-0.05, 0) is 19.1 Å². The molecule has 6 nitrogen and oxygen atoms in total. The molecule has 21 heavy (non-hydrogen) atoms. The summed E-state index contributed by atoms with van der Waals surface area (Å²) in [6, 6.07) is 6.35. The quantitative estimate of drug-likeness (QED) is 0.909. The van der Waals surface area contributed by atoms with Crippen molar-refractivity contribution in [3.8, 4) is 5.75 Å². The minimum atomic E-state index is -4.65. The van der Waals surface area contributed by atoms with Gasteiger partial charge in [-0.25, -0.2) is 0 Å². The van der Waals surface area contributed by atoms with Crippen LogP contribution < -0.4 is 10.1 Å². The number of benzene rings is 1. The van der Waals surface area contributed by atoms with Gasteiger partial charge in [0.2, 0.25) is 11.8 Å². The molecule has 0 saturated heterocycles. The smallest absolute Gasteiger partial charge is 0.451 e. The number of hydrogen-bond donors (Lipinski definition) is 2. The lowest BCUT2D eigenvalue weighted by Crippen LogP contribution is -2.15. The van der Waals surface area contributed by atoms with Crippen molar-refractivity contribution in [1.82, 2.24) is 15.2 Å². The number of halogens is 3. The summed E-state index contributed by atoms with van der Waals surface area (Å²) >= 11 is 0. The van der Waals surface area contributed by atoms with Crippen LogP contribution in [-0.2, 0) is 6.18 Å². The first-order valence-electron chi connectivity index (χ1n) is 5.94. The van der Waals surface area contributed by atoms with Crippen molar-refractivity contribution in [2.24, 2.45) is 0 Å². The van der Waals surface area contributed by atoms with Gasteiger partial charge in [-0.3, -0.25) is 15.2 Å². The maximum Gasteiger partial charge on any atom is 0.451 e. The average Bonchev–Trinajstić information content (AvgIpc) is 2.88. The summed E-state index contributed by atoms with van der Waals surface area (Å²) in [5.41, 5.74) is 0.178. The monoisotopic (exact) mass is 300 g/mol. The fourth-order valence-corrected chi connectivity index (χ4v) is 1.55. The molecular formula is C12H11F3N4O2. The number of anilines is 1. The zero-order valence-corrected chi connectivity index (χ0v) is 10.9. The zero-order chi connectivity index (χ0) is 15.5. The highest BCUT2D eigenvalue weighted by atomic mass is 19.4. The fourth-order valence-electron chi connectivity index (χ4n) is 1.55. The number of carbonyl (C=O) groups is 1. The van der Waals surface area contributed by atoms with Crippen LogP contribution in [0.2, 0.25) is 0 Å². The summed E-state index contributed by atoms with van der Waals surface area (Å²) in [7, 11) is 0. The van der Waals surface area contributed by atoms with E-state index in [0.717, 1.165) is 0 Å². The number of nitrogens with one attached hydrogen (secondary N) is 2. The maximum atomic E-state index is 12.4. The van der Waals surface area contributed by atoms with Crippen LogP contribution in [0.15, 0.2) is 24.3 Å². The number of hydrogen-bond acceptors (Lipinski definition) is 4. The Morgan fingerprint density at radius 3 is 2.71 bits per heavy atom. The van der Waals surface area contributed by atoms with Gasteiger partial charge in [-0.2, -0.15) is 18.2 Å². The van der Waals surface area contributed by atoms with Gasteiger partial charge >= 0.3 is 6.18 Å². The van der Waals surface area contributed by atoms with E-state index in [1.54, 1.807) is 30.2 Å². The first-order chi connectivity index (χ1) is 9.91. The largest absolute Gasteiger partial charge is 0.493 e. The lowest BCUT2D eigenvalue weighted by atomic mass is 10.2. The Kier molecular flexibility index (Phi) is 4.10. The van der Waals surface area contributed by atoms with Crippen molar-refractivity contribution >= 4 is 11.9 Å². The molecule has 0 fully saturated rings. The molecule has 0 radical (unpaired) electrons. The fraction of sp³-hybridized carbons (Fsp3) is 0.250. The molecule has 0 aliphatic heterocycles. The van der Waals surface area contributed by atoms with Gasteiger partial charge in [0.1, 0.15) is 5.75 Å². The molecular weight excluding hydrogens is 289 g/mol. The Hall–Kier alpha value is -2.58. The second-order valence-corrected chi connectivity index (χ2v) is 3.89. The van der Waals surface area contributed by atoms with Crippen molar-refractivity contribution in [3.05, 3.63) is 35.7 Å². The Bertz CT molecular complexity index is 639. The molecule has 2 N–H and O–H groups in total. The lowest BCUT2D eigenvalue weighted by molar-refractivity contribution is -0.144. The van der Waals surface area contributed by atoms with Gasteiger partial charge in [-0.15, -0.1) is 5.10 Å². The highest BCUT2D eigenvalue weighted by molar-refractivity contribution is 6.05. The predicted octanol–water partition coefficient (Wildman–Crippen LogP) is 2.47. The number of rotatable bonds is 4. The Morgan fingerprint density at radius 2 is 2.10 bits per heavy atom. The first kappa shape index (κ1) is 14.8. The number of ether oxygens (including phenoxy) is 1. The molecule has 112 valence electrons. The molecule has 1 aromatic carbocycles. The molecule has 2 rings (SSSR count). The second kappa shape index (κ2) is 5.81. The van der Waals surface area contributed by atoms with Gasteiger partial charge in [0, 0.05) is 0 Å². The normalized spacial score (nSPS) is 11.2. The summed E-state index contributed by atoms with van der Waals surface area (Å²) < 4.78 is 42.3. The molecule has 0 spiro atoms. The first-order valence-corrected chi connectivity index (χ1v) is 5.94. The zero-order valence-electron chi connectivity index (χ0n) is 10.9. The van der Waals surface area contributed by atoms with E-state index in [0.29, 0.717) is 12.4 Å². The third-order valence-electron chi connectivity index (χ3n) is 2.41. The molecule has 1 aromatic heterocycles. The molecule has 0 unspecified atom stereocenters. The lowest BCUT2D eigenvalue weighted by Gasteiger charge is -2.08. The van der Waals surface area contributed by atoms with Crippen molar-refractivity contribution in [3.63, 3.8) is 0 Å². The number of carbonyl (C=O) groups excluding carboxylic acids is 1. The number of aromatic amines is 1. The van der Waals surface area contributed by atoms with Crippen molar-refractivity contribution in [2.45, 2.75) is 13.1 Å². The number of para-hydroxylation sites is 1. The van der Waals surface area contributed by atoms with E-state index >= 15 is 0 Å². The number of nitrogens with zero attached hydrogens (tertiary/aromatic N) is 2. The summed E-state index contributed by atoms with van der Waals surface area (Å²) in [4.78, 5) is 15.2. The molecule has 0 aliphatic carbocycles. The van der Waals surface area contributed by atoms with E-state index in [9.17, 15) is 18.0 Å². The standard InChI is InChI=1S/C12H11F3N4O2/c1-2-21-8-6-4-3-5-7(8)9(20)16-11-17-10(18-19-11)12(13,14)15/h3-6H,2H2,1H3,(H2,16,17,18,19,20). The van der Waals surface area contributed by atoms with E-state index in [1.165, 1.54) is 6.07 Å². The van der Waals surface area contributed by atoms with E-state index in [4.69, 9.17) is 4.74 Å². The highest BCUT2D eigenvalue weighted by Crippen LogP contribution is 2.26. The minimum absolute atomic E-state index is 0.178. The van der Waals surface area contributed by atoms with E-state index in [1.807, 2.05) is 0 Å². The van der Waals surface area contributed by atoms with Crippen LogP contribution in [0.4, 0.5) is 19.1 Å². The van der Waals surface area contributed by atoms with E-state index in [-0.39, 0.29) is 5.56 Å². The Labute approximate surface area is 117 Å². The summed E-state index contributed by atoms with van der Waals surface area (Å²) in [5.74, 6) is -2.08. The summed E-state index contributed by atoms with van der Waals surface area (Å²) in [6.45, 7) is 2.10. The number of alkyl halides is 3. The Morgan fingerprint density at radius 1 is 1.38 bits per heavy atom. The van der Waals surface area contributed by atoms with Gasteiger partial charge in [0.25, 0.3) is 5.91 Å². The average molecular weight is 300 g/mol. The molecule has 0 bridgehead atoms. The predicted molar refractivity (Wildman–Crippen MR) is 66.9 cm³/mol. The molecule has 0 atom stereocenters. The molecule has 1 amide bonds. The second-order valence-electron chi connectivity index (χ2n) is 3.89. The SMILES string of the molecule is CCOc1ccccc1C(=O)Nc1n[nH]c(C(F)(F)F)n1. The van der Waals surface area contributed by atoms with Crippen LogP contribution >= 0.6 is 0 Å². The maximum absolute atomic E-state index is 12.4. The number of amides is 1. The van der Waals surface area contributed by atoms with Gasteiger partial charge < -0.3 is 4.74 Å². The third-order valence-corrected chi connectivity index (χ3v) is 2.41. The molecule has 2 aromatic rings. The van der Waals surface area contributed by atoms with Crippen LogP contribution in [0, 0.1) is 0 Å². The van der Waals surface area contributed by atoms with Crippen molar-refractivity contribution in [2.75, 3.05) is 11.9 Å².